The fraction of sp³-hybridized carbons (Fsp3) is 0.235. The number of halogens is 13. The minimum Gasteiger partial charge on any atom is -1.00 e. The number of Topliss-reactive ketones (excluding diaryl/α,β-unsaturated/α-hetero) is 1. The zero-order chi connectivity index (χ0) is 43.4. The average molecular weight is 970 g/mol. The van der Waals surface area contributed by atoms with E-state index in [9.17, 15) is 62.6 Å². The van der Waals surface area contributed by atoms with Crippen LogP contribution in [0.3, 0.4) is 0 Å². The Morgan fingerprint density at radius 2 is 1.10 bits per heavy atom. The van der Waals surface area contributed by atoms with E-state index in [2.05, 4.69) is 40.1 Å². The van der Waals surface area contributed by atoms with Gasteiger partial charge >= 0.3 is 47.8 Å². The third-order valence-electron chi connectivity index (χ3n) is 7.36. The van der Waals surface area contributed by atoms with Crippen molar-refractivity contribution in [1.29, 1.82) is 0 Å². The van der Waals surface area contributed by atoms with E-state index in [1.807, 2.05) is 0 Å². The van der Waals surface area contributed by atoms with Crippen molar-refractivity contribution in [1.82, 2.24) is 49.5 Å². The maximum atomic E-state index is 13.6. The van der Waals surface area contributed by atoms with Crippen LogP contribution >= 0.6 is 0 Å². The van der Waals surface area contributed by atoms with Gasteiger partial charge in [0.1, 0.15) is 60.3 Å². The number of alkyl halides is 12. The number of aliphatic hydroxyl groups is 1. The van der Waals surface area contributed by atoms with Gasteiger partial charge in [0.25, 0.3) is 0 Å². The fourth-order valence-corrected chi connectivity index (χ4v) is 4.81. The summed E-state index contributed by atoms with van der Waals surface area (Å²) in [4.78, 5) is 32.4. The molecule has 0 aromatic carbocycles. The molecule has 1 unspecified atom stereocenters. The topological polar surface area (TPSA) is 169 Å². The van der Waals surface area contributed by atoms with Gasteiger partial charge in [0.2, 0.25) is 11.8 Å². The zero-order valence-corrected chi connectivity index (χ0v) is 34.3. The normalized spacial score (nSPS) is 12.6. The molecular formula is C34H25BrF12MgN10O4. The second kappa shape index (κ2) is 20.6. The summed E-state index contributed by atoms with van der Waals surface area (Å²) >= 11 is 0. The summed E-state index contributed by atoms with van der Waals surface area (Å²) in [6.45, 7) is 0.329. The average Bonchev–Trinajstić information content (AvgIpc) is 3.85. The van der Waals surface area contributed by atoms with Gasteiger partial charge in [-0.15, -0.1) is 0 Å². The molecule has 0 radical (unpaired) electrons. The largest absolute Gasteiger partial charge is 2.00 e. The van der Waals surface area contributed by atoms with Gasteiger partial charge in [-0.3, -0.25) is 4.79 Å². The molecule has 0 saturated heterocycles. The number of ketones is 1. The minimum absolute atomic E-state index is 0. The predicted molar refractivity (Wildman–Crippen MR) is 183 cm³/mol. The van der Waals surface area contributed by atoms with Gasteiger partial charge in [-0.25, -0.2) is 39.3 Å². The molecule has 6 aromatic heterocycles. The van der Waals surface area contributed by atoms with Crippen LogP contribution in [-0.2, 0) is 43.4 Å². The molecule has 14 nitrogen and oxygen atoms in total. The van der Waals surface area contributed by atoms with E-state index in [0.717, 1.165) is 71.7 Å². The first-order valence-corrected chi connectivity index (χ1v) is 15.9. The van der Waals surface area contributed by atoms with Crippen LogP contribution in [0.2, 0.25) is 0 Å². The molecule has 0 saturated carbocycles. The standard InChI is InChI=1S/C17H13F6N5O2.C16H9F6N5O2.CH3.BrH.Mg/c1-15(29,7-28-9-24-8-26-28)11-3-5-13(27-14(11)17(21,22)23)30-10-2-4-12(25-6-10)16(18,19)20;17-15(18,19)12-3-1-9(5-24-12)29-13-4-2-10(14(26-13)16(20,21)22)11(28)6-27-8-23-7-25-27;;;/h2-6,8-9,29H,7H2,1H3;1-5,7-8H,6H2;1H3;1H;/q;;-1;;+2/p-1. The molecule has 1 N–H and O–H groups in total. The Hall–Kier alpha value is -5.48. The molecule has 6 rings (SSSR count). The number of hydrogen-bond acceptors (Lipinski definition) is 12. The number of carbonyl (C=O) groups excluding carboxylic acids is 1. The smallest absolute Gasteiger partial charge is 1.00 e. The molecule has 0 bridgehead atoms. The fourth-order valence-electron chi connectivity index (χ4n) is 4.81. The first kappa shape index (κ1) is 52.7. The van der Waals surface area contributed by atoms with Crippen LogP contribution in [-0.4, -0.2) is 83.4 Å². The summed E-state index contributed by atoms with van der Waals surface area (Å²) in [5.41, 5.74) is -8.56. The molecule has 28 heteroatoms. The second-order valence-electron chi connectivity index (χ2n) is 11.9. The summed E-state index contributed by atoms with van der Waals surface area (Å²) in [5.74, 6) is -2.54. The molecule has 0 amide bonds. The summed E-state index contributed by atoms with van der Waals surface area (Å²) in [7, 11) is 0. The van der Waals surface area contributed by atoms with Crippen molar-refractivity contribution in [3.8, 4) is 23.3 Å². The SMILES string of the molecule is CC(O)(Cn1cncn1)c1ccc(Oc2ccc(C(F)(F)F)nc2)nc1C(F)(F)F.O=C(Cn1cncn1)c1ccc(Oc2ccc(C(F)(F)F)nc2)nc1C(F)(F)F.[Br-].[CH3-].[Mg+2]. The van der Waals surface area contributed by atoms with Crippen LogP contribution in [0, 0.1) is 7.43 Å². The van der Waals surface area contributed by atoms with Gasteiger partial charge in [0.05, 0.1) is 24.5 Å². The van der Waals surface area contributed by atoms with Crippen LogP contribution in [0.25, 0.3) is 0 Å². The van der Waals surface area contributed by atoms with E-state index in [1.165, 1.54) is 6.33 Å². The minimum atomic E-state index is -4.98. The maximum Gasteiger partial charge on any atom is 2.00 e. The predicted octanol–water partition coefficient (Wildman–Crippen LogP) is 4.66. The third kappa shape index (κ3) is 14.0. The van der Waals surface area contributed by atoms with Gasteiger partial charge in [-0.2, -0.15) is 62.9 Å². The van der Waals surface area contributed by atoms with Gasteiger partial charge in [0.15, 0.2) is 17.2 Å². The molecular weight excluding hydrogens is 945 g/mol. The number of rotatable bonds is 10. The quantitative estimate of drug-likeness (QED) is 0.0875. The van der Waals surface area contributed by atoms with Crippen LogP contribution in [0.5, 0.6) is 23.3 Å². The molecule has 0 aliphatic carbocycles. The van der Waals surface area contributed by atoms with E-state index in [-0.39, 0.29) is 65.5 Å². The van der Waals surface area contributed by atoms with Crippen molar-refractivity contribution in [3.05, 3.63) is 128 Å². The number of hydrogen-bond donors (Lipinski definition) is 1. The molecule has 6 aromatic rings. The Morgan fingerprint density at radius 1 is 0.645 bits per heavy atom. The Labute approximate surface area is 367 Å². The van der Waals surface area contributed by atoms with Crippen molar-refractivity contribution in [2.45, 2.75) is 50.3 Å². The molecule has 6 heterocycles. The summed E-state index contributed by atoms with van der Waals surface area (Å²) in [5, 5.41) is 18.0. The van der Waals surface area contributed by atoms with Crippen molar-refractivity contribution in [2.24, 2.45) is 0 Å². The molecule has 0 aliphatic rings. The molecule has 0 fully saturated rings. The third-order valence-corrected chi connectivity index (χ3v) is 7.36. The second-order valence-corrected chi connectivity index (χ2v) is 11.9. The molecule has 62 heavy (non-hydrogen) atoms. The molecule has 328 valence electrons. The van der Waals surface area contributed by atoms with Gasteiger partial charge in [-0.05, 0) is 43.3 Å². The number of aromatic nitrogens is 10. The van der Waals surface area contributed by atoms with Crippen molar-refractivity contribution in [2.75, 3.05) is 0 Å². The summed E-state index contributed by atoms with van der Waals surface area (Å²) in [6.07, 6.45) is -13.2. The van der Waals surface area contributed by atoms with E-state index in [0.29, 0.717) is 24.5 Å². The van der Waals surface area contributed by atoms with E-state index >= 15 is 0 Å². The Kier molecular flexibility index (Phi) is 17.5. The Balaban J connectivity index is 0.000000407. The number of nitrogens with zero attached hydrogens (tertiary/aromatic N) is 10. The van der Waals surface area contributed by atoms with Gasteiger partial charge in [-0.1, -0.05) is 0 Å². The first-order chi connectivity index (χ1) is 27.4. The first-order valence-electron chi connectivity index (χ1n) is 15.9. The van der Waals surface area contributed by atoms with Crippen LogP contribution in [0.1, 0.15) is 45.6 Å². The molecule has 0 spiro atoms. The number of ether oxygens (including phenoxy) is 2. The van der Waals surface area contributed by atoms with E-state index < -0.39 is 88.3 Å². The van der Waals surface area contributed by atoms with E-state index in [4.69, 9.17) is 9.47 Å². The number of pyridine rings is 4. The Bertz CT molecular complexity index is 2350. The summed E-state index contributed by atoms with van der Waals surface area (Å²) < 4.78 is 168. The van der Waals surface area contributed by atoms with Gasteiger partial charge < -0.3 is 39.0 Å². The van der Waals surface area contributed by atoms with Crippen LogP contribution < -0.4 is 26.5 Å². The van der Waals surface area contributed by atoms with Crippen molar-refractivity contribution >= 4 is 28.8 Å². The molecule has 1 atom stereocenters. The number of carbonyl (C=O) groups is 1. The monoisotopic (exact) mass is 968 g/mol. The Morgan fingerprint density at radius 3 is 1.50 bits per heavy atom. The zero-order valence-electron chi connectivity index (χ0n) is 31.3. The van der Waals surface area contributed by atoms with Crippen molar-refractivity contribution in [3.63, 3.8) is 0 Å². The van der Waals surface area contributed by atoms with Crippen molar-refractivity contribution < 1.29 is 89.0 Å². The van der Waals surface area contributed by atoms with Gasteiger partial charge in [0, 0.05) is 17.7 Å². The molecule has 0 aliphatic heterocycles. The van der Waals surface area contributed by atoms with E-state index in [1.54, 1.807) is 0 Å². The van der Waals surface area contributed by atoms with Crippen LogP contribution in [0.4, 0.5) is 52.7 Å². The maximum absolute atomic E-state index is 13.6. The van der Waals surface area contributed by atoms with Crippen LogP contribution in [0.15, 0.2) is 86.2 Å². The summed E-state index contributed by atoms with van der Waals surface area (Å²) in [6, 6.07) is 6.89.